The molecular weight excluding hydrogens is 294 g/mol. The summed E-state index contributed by atoms with van der Waals surface area (Å²) in [7, 11) is -2.75. The van der Waals surface area contributed by atoms with E-state index in [0.29, 0.717) is 5.54 Å². The smallest absolute Gasteiger partial charge is 0.176 e. The Morgan fingerprint density at radius 1 is 1.00 bits per heavy atom. The fraction of sp³-hybridized carbons (Fsp3) is 1.00. The summed E-state index contributed by atoms with van der Waals surface area (Å²) in [5.74, 6) is 0. The molecular formula is C15H39N3OSi2. The maximum atomic E-state index is 6.61. The van der Waals surface area contributed by atoms with Gasteiger partial charge < -0.3 is 21.3 Å². The van der Waals surface area contributed by atoms with Crippen LogP contribution in [0.3, 0.4) is 0 Å². The largest absolute Gasteiger partial charge is 0.458 e. The van der Waals surface area contributed by atoms with E-state index in [9.17, 15) is 0 Å². The number of hydrogen-bond acceptors (Lipinski definition) is 4. The highest BCUT2D eigenvalue weighted by Gasteiger charge is 2.34. The lowest BCUT2D eigenvalue weighted by Gasteiger charge is -2.36. The van der Waals surface area contributed by atoms with Crippen molar-refractivity contribution in [3.8, 4) is 0 Å². The van der Waals surface area contributed by atoms with Crippen LogP contribution in [0.5, 0.6) is 0 Å². The molecule has 3 unspecified atom stereocenters. The Hall–Kier alpha value is 0.274. The van der Waals surface area contributed by atoms with Crippen LogP contribution < -0.4 is 17.2 Å². The second kappa shape index (κ2) is 10.9. The van der Waals surface area contributed by atoms with Crippen molar-refractivity contribution in [2.24, 2.45) is 17.2 Å². The molecule has 0 aliphatic rings. The molecule has 0 aliphatic heterocycles. The predicted octanol–water partition coefficient (Wildman–Crippen LogP) is 2.54. The van der Waals surface area contributed by atoms with E-state index in [4.69, 9.17) is 21.3 Å². The highest BCUT2D eigenvalue weighted by molar-refractivity contribution is 6.79. The highest BCUT2D eigenvalue weighted by atomic mass is 28.4. The van der Waals surface area contributed by atoms with Crippen molar-refractivity contribution in [1.29, 1.82) is 0 Å². The molecule has 0 bridgehead atoms. The van der Waals surface area contributed by atoms with Crippen LogP contribution in [0.1, 0.15) is 46.0 Å². The zero-order valence-corrected chi connectivity index (χ0v) is 17.1. The highest BCUT2D eigenvalue weighted by Crippen LogP contribution is 2.34. The van der Waals surface area contributed by atoms with E-state index in [1.165, 1.54) is 18.9 Å². The lowest BCUT2D eigenvalue weighted by Crippen LogP contribution is -2.42. The first kappa shape index (κ1) is 21.3. The van der Waals surface area contributed by atoms with E-state index in [2.05, 4.69) is 33.5 Å². The molecule has 0 fully saturated rings. The number of rotatable bonds is 12. The van der Waals surface area contributed by atoms with Gasteiger partial charge in [0.25, 0.3) is 0 Å². The molecule has 0 heterocycles. The van der Waals surface area contributed by atoms with Crippen LogP contribution in [0.15, 0.2) is 0 Å². The molecule has 128 valence electrons. The van der Waals surface area contributed by atoms with Gasteiger partial charge in [-0.25, -0.2) is 0 Å². The van der Waals surface area contributed by atoms with Crippen LogP contribution in [-0.4, -0.2) is 36.0 Å². The van der Waals surface area contributed by atoms with Gasteiger partial charge in [0.15, 0.2) is 17.4 Å². The van der Waals surface area contributed by atoms with Gasteiger partial charge in [0.05, 0.1) is 0 Å². The Kier molecular flexibility index (Phi) is 11.1. The first-order valence-electron chi connectivity index (χ1n) is 8.58. The number of nitrogens with two attached hydrogens (primary N) is 3. The SMILES string of the molecule is CC(N)CCC(CCC(C)N)[Si](C)(C)O[SiH](C)CCCN. The summed E-state index contributed by atoms with van der Waals surface area (Å²) in [5, 5.41) is 0. The standard InChI is InChI=1S/C15H39N3OSi2/c1-13(17)7-9-15(10-8-14(2)18)21(4,5)19-20(3)12-6-11-16/h13-15,20H,6-12,16-18H2,1-5H3. The van der Waals surface area contributed by atoms with Crippen molar-refractivity contribution in [1.82, 2.24) is 0 Å². The van der Waals surface area contributed by atoms with Gasteiger partial charge in [0.2, 0.25) is 0 Å². The van der Waals surface area contributed by atoms with Crippen LogP contribution in [0.4, 0.5) is 0 Å². The molecule has 4 nitrogen and oxygen atoms in total. The van der Waals surface area contributed by atoms with Gasteiger partial charge in [-0.2, -0.15) is 0 Å². The van der Waals surface area contributed by atoms with E-state index in [1.54, 1.807) is 0 Å². The Morgan fingerprint density at radius 3 is 1.86 bits per heavy atom. The average molecular weight is 334 g/mol. The topological polar surface area (TPSA) is 87.3 Å². The van der Waals surface area contributed by atoms with Gasteiger partial charge in [-0.15, -0.1) is 0 Å². The molecule has 0 saturated heterocycles. The summed E-state index contributed by atoms with van der Waals surface area (Å²) in [4.78, 5) is 0. The summed E-state index contributed by atoms with van der Waals surface area (Å²) in [6, 6.07) is 1.75. The third kappa shape index (κ3) is 10.6. The van der Waals surface area contributed by atoms with Gasteiger partial charge in [-0.1, -0.05) is 0 Å². The van der Waals surface area contributed by atoms with E-state index >= 15 is 0 Å². The third-order valence-corrected chi connectivity index (χ3v) is 12.0. The summed E-state index contributed by atoms with van der Waals surface area (Å²) in [6.07, 6.45) is 5.63. The second-order valence-corrected chi connectivity index (χ2v) is 14.4. The molecule has 0 saturated carbocycles. The van der Waals surface area contributed by atoms with Crippen LogP contribution in [-0.2, 0) is 4.12 Å². The van der Waals surface area contributed by atoms with Crippen molar-refractivity contribution in [3.05, 3.63) is 0 Å². The molecule has 21 heavy (non-hydrogen) atoms. The minimum absolute atomic E-state index is 0.277. The monoisotopic (exact) mass is 333 g/mol. The molecule has 0 amide bonds. The van der Waals surface area contributed by atoms with Gasteiger partial charge >= 0.3 is 0 Å². The predicted molar refractivity (Wildman–Crippen MR) is 99.6 cm³/mol. The molecule has 0 spiro atoms. The fourth-order valence-corrected chi connectivity index (χ4v) is 10.8. The van der Waals surface area contributed by atoms with Crippen molar-refractivity contribution >= 4 is 17.4 Å². The molecule has 0 rings (SSSR count). The van der Waals surface area contributed by atoms with Gasteiger partial charge in [0, 0.05) is 12.1 Å². The molecule has 0 aromatic heterocycles. The van der Waals surface area contributed by atoms with Crippen molar-refractivity contribution in [2.75, 3.05) is 6.54 Å². The minimum Gasteiger partial charge on any atom is -0.458 e. The Labute approximate surface area is 135 Å². The minimum atomic E-state index is -1.67. The van der Waals surface area contributed by atoms with Gasteiger partial charge in [0.1, 0.15) is 0 Å². The van der Waals surface area contributed by atoms with E-state index < -0.39 is 17.4 Å². The molecule has 0 aromatic carbocycles. The van der Waals surface area contributed by atoms with E-state index in [1.807, 2.05) is 0 Å². The first-order chi connectivity index (χ1) is 9.69. The summed E-state index contributed by atoms with van der Waals surface area (Å²) in [6.45, 7) is 12.0. The Morgan fingerprint density at radius 2 is 1.48 bits per heavy atom. The van der Waals surface area contributed by atoms with Crippen molar-refractivity contribution < 1.29 is 4.12 Å². The maximum Gasteiger partial charge on any atom is 0.176 e. The van der Waals surface area contributed by atoms with Crippen LogP contribution >= 0.6 is 0 Å². The molecule has 0 radical (unpaired) electrons. The lowest BCUT2D eigenvalue weighted by atomic mass is 10.1. The molecule has 6 heteroatoms. The van der Waals surface area contributed by atoms with Crippen molar-refractivity contribution in [3.63, 3.8) is 0 Å². The summed E-state index contributed by atoms with van der Waals surface area (Å²) >= 11 is 0. The van der Waals surface area contributed by atoms with Crippen molar-refractivity contribution in [2.45, 2.75) is 89.3 Å². The third-order valence-electron chi connectivity index (χ3n) is 4.24. The van der Waals surface area contributed by atoms with Gasteiger partial charge in [-0.3, -0.25) is 0 Å². The zero-order valence-electron chi connectivity index (χ0n) is 14.9. The molecule has 6 N–H and O–H groups in total. The summed E-state index contributed by atoms with van der Waals surface area (Å²) in [5.41, 5.74) is 18.2. The Balaban J connectivity index is 4.58. The fourth-order valence-electron chi connectivity index (χ4n) is 2.85. The van der Waals surface area contributed by atoms with Gasteiger partial charge in [-0.05, 0) is 83.7 Å². The quantitative estimate of drug-likeness (QED) is 0.479. The van der Waals surface area contributed by atoms with Crippen LogP contribution in [0, 0.1) is 0 Å². The van der Waals surface area contributed by atoms with Crippen LogP contribution in [0.25, 0.3) is 0 Å². The first-order valence-corrected chi connectivity index (χ1v) is 14.0. The normalized spacial score (nSPS) is 18.3. The maximum absolute atomic E-state index is 6.61. The Bertz CT molecular complexity index is 251. The average Bonchev–Trinajstić information content (AvgIpc) is 2.34. The second-order valence-electron chi connectivity index (χ2n) is 7.27. The van der Waals surface area contributed by atoms with E-state index in [0.717, 1.165) is 25.8 Å². The lowest BCUT2D eigenvalue weighted by molar-refractivity contribution is 0.469. The number of hydrogen-bond donors (Lipinski definition) is 3. The molecule has 0 aromatic rings. The van der Waals surface area contributed by atoms with Crippen LogP contribution in [0.2, 0.25) is 31.2 Å². The molecule has 3 atom stereocenters. The van der Waals surface area contributed by atoms with E-state index in [-0.39, 0.29) is 12.1 Å². The molecule has 0 aliphatic carbocycles. The zero-order chi connectivity index (χ0) is 16.5. The summed E-state index contributed by atoms with van der Waals surface area (Å²) < 4.78 is 6.61.